The lowest BCUT2D eigenvalue weighted by atomic mass is 10.1. The van der Waals surface area contributed by atoms with Gasteiger partial charge in [-0.2, -0.15) is 5.26 Å². The molecule has 2 aromatic rings. The number of carbonyl (C=O) groups is 1. The lowest BCUT2D eigenvalue weighted by molar-refractivity contribution is 0.102. The average Bonchev–Trinajstić information content (AvgIpc) is 2.48. The molecule has 2 aromatic carbocycles. The summed E-state index contributed by atoms with van der Waals surface area (Å²) in [5.41, 5.74) is 1.27. The summed E-state index contributed by atoms with van der Waals surface area (Å²) in [6.07, 6.45) is 0. The quantitative estimate of drug-likeness (QED) is 0.819. The smallest absolute Gasteiger partial charge is 0.256 e. The Labute approximate surface area is 139 Å². The second-order valence-electron chi connectivity index (χ2n) is 4.10. The molecule has 0 saturated carbocycles. The van der Waals surface area contributed by atoms with Gasteiger partial charge in [-0.1, -0.05) is 15.9 Å². The summed E-state index contributed by atoms with van der Waals surface area (Å²) >= 11 is 6.65. The number of carbonyl (C=O) groups excluding carboxylic acids is 1. The minimum absolute atomic E-state index is 0.324. The Bertz CT molecular complexity index is 739. The van der Waals surface area contributed by atoms with Crippen molar-refractivity contribution in [3.05, 3.63) is 56.5 Å². The molecule has 6 heteroatoms. The standard InChI is InChI=1S/C15H10Br2N2O2/c1-21-11-4-5-13(17)12(7-11)15(20)19-14-6-10(16)3-2-9(14)8-18/h2-7H,1H3,(H,19,20). The molecule has 0 aromatic heterocycles. The highest BCUT2D eigenvalue weighted by Gasteiger charge is 2.13. The molecule has 0 unspecified atom stereocenters. The number of rotatable bonds is 3. The van der Waals surface area contributed by atoms with Crippen molar-refractivity contribution in [3.8, 4) is 11.8 Å². The summed E-state index contributed by atoms with van der Waals surface area (Å²) in [6.45, 7) is 0. The van der Waals surface area contributed by atoms with Crippen molar-refractivity contribution < 1.29 is 9.53 Å². The summed E-state index contributed by atoms with van der Waals surface area (Å²) in [6, 6.07) is 12.2. The van der Waals surface area contributed by atoms with E-state index in [0.29, 0.717) is 27.0 Å². The van der Waals surface area contributed by atoms with E-state index in [0.717, 1.165) is 4.47 Å². The van der Waals surface area contributed by atoms with Crippen LogP contribution < -0.4 is 10.1 Å². The van der Waals surface area contributed by atoms with Crippen LogP contribution in [0.5, 0.6) is 5.75 Å². The highest BCUT2D eigenvalue weighted by molar-refractivity contribution is 9.10. The second kappa shape index (κ2) is 6.74. The average molecular weight is 410 g/mol. The van der Waals surface area contributed by atoms with Gasteiger partial charge in [0.1, 0.15) is 11.8 Å². The van der Waals surface area contributed by atoms with Crippen LogP contribution >= 0.6 is 31.9 Å². The Morgan fingerprint density at radius 2 is 2.00 bits per heavy atom. The van der Waals surface area contributed by atoms with Gasteiger partial charge in [-0.25, -0.2) is 0 Å². The van der Waals surface area contributed by atoms with Crippen LogP contribution in [-0.2, 0) is 0 Å². The Balaban J connectivity index is 2.35. The van der Waals surface area contributed by atoms with Gasteiger partial charge in [-0.15, -0.1) is 0 Å². The molecule has 21 heavy (non-hydrogen) atoms. The number of methoxy groups -OCH3 is 1. The first-order valence-corrected chi connectivity index (χ1v) is 7.48. The fraction of sp³-hybridized carbons (Fsp3) is 0.0667. The zero-order chi connectivity index (χ0) is 15.4. The largest absolute Gasteiger partial charge is 0.497 e. The van der Waals surface area contributed by atoms with Crippen LogP contribution in [-0.4, -0.2) is 13.0 Å². The van der Waals surface area contributed by atoms with Gasteiger partial charge in [0, 0.05) is 8.95 Å². The number of nitrogens with one attached hydrogen (secondary N) is 1. The number of benzene rings is 2. The molecule has 0 saturated heterocycles. The molecule has 1 amide bonds. The predicted octanol–water partition coefficient (Wildman–Crippen LogP) is 4.34. The van der Waals surface area contributed by atoms with Gasteiger partial charge in [-0.3, -0.25) is 4.79 Å². The number of ether oxygens (including phenoxy) is 1. The van der Waals surface area contributed by atoms with E-state index < -0.39 is 0 Å². The van der Waals surface area contributed by atoms with Crippen molar-refractivity contribution in [2.75, 3.05) is 12.4 Å². The minimum Gasteiger partial charge on any atom is -0.497 e. The maximum atomic E-state index is 12.4. The Kier molecular flexibility index (Phi) is 4.99. The topological polar surface area (TPSA) is 62.1 Å². The van der Waals surface area contributed by atoms with Gasteiger partial charge in [0.05, 0.1) is 23.9 Å². The second-order valence-corrected chi connectivity index (χ2v) is 5.87. The molecule has 0 aliphatic heterocycles. The van der Waals surface area contributed by atoms with E-state index in [1.807, 2.05) is 6.07 Å². The number of nitriles is 1. The maximum absolute atomic E-state index is 12.4. The van der Waals surface area contributed by atoms with Crippen LogP contribution in [0.3, 0.4) is 0 Å². The van der Waals surface area contributed by atoms with E-state index in [1.54, 1.807) is 36.4 Å². The summed E-state index contributed by atoms with van der Waals surface area (Å²) in [5.74, 6) is 0.258. The predicted molar refractivity (Wildman–Crippen MR) is 87.5 cm³/mol. The summed E-state index contributed by atoms with van der Waals surface area (Å²) in [7, 11) is 1.53. The molecule has 0 fully saturated rings. The molecule has 0 bridgehead atoms. The number of hydrogen-bond donors (Lipinski definition) is 1. The lowest BCUT2D eigenvalue weighted by Crippen LogP contribution is -2.13. The number of anilines is 1. The van der Waals surface area contributed by atoms with Gasteiger partial charge in [0.25, 0.3) is 5.91 Å². The Morgan fingerprint density at radius 1 is 1.24 bits per heavy atom. The van der Waals surface area contributed by atoms with E-state index in [4.69, 9.17) is 10.00 Å². The highest BCUT2D eigenvalue weighted by Crippen LogP contribution is 2.25. The van der Waals surface area contributed by atoms with Crippen molar-refractivity contribution in [2.24, 2.45) is 0 Å². The third-order valence-electron chi connectivity index (χ3n) is 2.77. The van der Waals surface area contributed by atoms with Crippen molar-refractivity contribution in [1.29, 1.82) is 5.26 Å². The monoisotopic (exact) mass is 408 g/mol. The summed E-state index contributed by atoms with van der Waals surface area (Å²) < 4.78 is 6.54. The van der Waals surface area contributed by atoms with Gasteiger partial charge >= 0.3 is 0 Å². The normalized spacial score (nSPS) is 9.81. The number of hydrogen-bond acceptors (Lipinski definition) is 3. The van der Waals surface area contributed by atoms with Gasteiger partial charge < -0.3 is 10.1 Å². The number of halogens is 2. The van der Waals surface area contributed by atoms with Crippen LogP contribution in [0.2, 0.25) is 0 Å². The van der Waals surface area contributed by atoms with Gasteiger partial charge in [0.15, 0.2) is 0 Å². The summed E-state index contributed by atoms with van der Waals surface area (Å²) in [4.78, 5) is 12.4. The maximum Gasteiger partial charge on any atom is 0.256 e. The van der Waals surface area contributed by atoms with E-state index in [2.05, 4.69) is 37.2 Å². The molecule has 1 N–H and O–H groups in total. The Morgan fingerprint density at radius 3 is 2.67 bits per heavy atom. The van der Waals surface area contributed by atoms with Crippen LogP contribution in [0.4, 0.5) is 5.69 Å². The molecule has 0 spiro atoms. The zero-order valence-electron chi connectivity index (χ0n) is 11.0. The minimum atomic E-state index is -0.324. The summed E-state index contributed by atoms with van der Waals surface area (Å²) in [5, 5.41) is 11.8. The first kappa shape index (κ1) is 15.5. The number of amides is 1. The molecule has 4 nitrogen and oxygen atoms in total. The Hall–Kier alpha value is -1.84. The third-order valence-corrected chi connectivity index (χ3v) is 3.95. The van der Waals surface area contributed by atoms with E-state index in [-0.39, 0.29) is 5.91 Å². The van der Waals surface area contributed by atoms with E-state index in [1.165, 1.54) is 7.11 Å². The molecule has 2 rings (SSSR count). The third kappa shape index (κ3) is 3.63. The fourth-order valence-electron chi connectivity index (χ4n) is 1.71. The van der Waals surface area contributed by atoms with E-state index in [9.17, 15) is 4.79 Å². The first-order valence-electron chi connectivity index (χ1n) is 5.89. The molecule has 0 heterocycles. The molecular formula is C15H10Br2N2O2. The molecule has 0 aliphatic carbocycles. The van der Waals surface area contributed by atoms with Crippen molar-refractivity contribution in [3.63, 3.8) is 0 Å². The van der Waals surface area contributed by atoms with Crippen molar-refractivity contribution in [2.45, 2.75) is 0 Å². The van der Waals surface area contributed by atoms with Crippen LogP contribution in [0, 0.1) is 11.3 Å². The van der Waals surface area contributed by atoms with Crippen LogP contribution in [0.25, 0.3) is 0 Å². The molecule has 0 radical (unpaired) electrons. The van der Waals surface area contributed by atoms with Crippen molar-refractivity contribution in [1.82, 2.24) is 0 Å². The molecular weight excluding hydrogens is 400 g/mol. The van der Waals surface area contributed by atoms with Crippen LogP contribution in [0.1, 0.15) is 15.9 Å². The molecule has 0 atom stereocenters. The lowest BCUT2D eigenvalue weighted by Gasteiger charge is -2.10. The molecule has 106 valence electrons. The van der Waals surface area contributed by atoms with Gasteiger partial charge in [0.2, 0.25) is 0 Å². The van der Waals surface area contributed by atoms with E-state index >= 15 is 0 Å². The zero-order valence-corrected chi connectivity index (χ0v) is 14.2. The number of nitrogens with zero attached hydrogens (tertiary/aromatic N) is 1. The fourth-order valence-corrected chi connectivity index (χ4v) is 2.50. The first-order chi connectivity index (χ1) is 10.0. The van der Waals surface area contributed by atoms with Crippen LogP contribution in [0.15, 0.2) is 45.3 Å². The van der Waals surface area contributed by atoms with Gasteiger partial charge in [-0.05, 0) is 52.3 Å². The SMILES string of the molecule is COc1ccc(Br)c(C(=O)Nc2cc(Br)ccc2C#N)c1. The highest BCUT2D eigenvalue weighted by atomic mass is 79.9. The molecule has 0 aliphatic rings. The van der Waals surface area contributed by atoms with Crippen molar-refractivity contribution >= 4 is 43.5 Å².